The minimum absolute atomic E-state index is 0.112. The number of carbonyl (C=O) groups excluding carboxylic acids is 1. The number of carbonyl (C=O) groups is 1. The summed E-state index contributed by atoms with van der Waals surface area (Å²) in [5.74, 6) is -0.180. The first kappa shape index (κ1) is 21.0. The fourth-order valence-corrected chi connectivity index (χ4v) is 2.98. The summed E-state index contributed by atoms with van der Waals surface area (Å²) in [6.45, 7) is 0.241. The molecule has 150 valence electrons. The molecule has 0 spiro atoms. The Morgan fingerprint density at radius 2 is 1.83 bits per heavy atom. The van der Waals surface area contributed by atoms with Gasteiger partial charge in [0.1, 0.15) is 6.61 Å². The molecule has 0 radical (unpaired) electrons. The number of benzene rings is 3. The Hall–Kier alpha value is -3.75. The third-order valence-electron chi connectivity index (χ3n) is 4.34. The van der Waals surface area contributed by atoms with Crippen molar-refractivity contribution < 1.29 is 19.4 Å². The second-order valence-electron chi connectivity index (χ2n) is 6.36. The van der Waals surface area contributed by atoms with E-state index in [1.165, 1.54) is 19.2 Å². The van der Waals surface area contributed by atoms with Crippen molar-refractivity contribution in [3.8, 4) is 17.6 Å². The Morgan fingerprint density at radius 1 is 1.07 bits per heavy atom. The summed E-state index contributed by atoms with van der Waals surface area (Å²) in [5.41, 5.74) is 2.89. The molecule has 0 heterocycles. The first-order chi connectivity index (χ1) is 14.5. The lowest BCUT2D eigenvalue weighted by Crippen LogP contribution is -2.22. The van der Waals surface area contributed by atoms with Gasteiger partial charge in [-0.1, -0.05) is 54.1 Å². The predicted molar refractivity (Wildman–Crippen MR) is 113 cm³/mol. The van der Waals surface area contributed by atoms with Crippen molar-refractivity contribution in [3.05, 3.63) is 94.0 Å². The van der Waals surface area contributed by atoms with Crippen molar-refractivity contribution in [2.75, 3.05) is 7.11 Å². The van der Waals surface area contributed by atoms with Crippen LogP contribution in [0.3, 0.4) is 0 Å². The molecular formula is C24H17ClNO4-. The molecule has 0 aliphatic rings. The Bertz CT molecular complexity index is 1130. The number of hydrogen-bond acceptors (Lipinski definition) is 5. The van der Waals surface area contributed by atoms with E-state index in [1.54, 1.807) is 48.5 Å². The Kier molecular flexibility index (Phi) is 6.74. The van der Waals surface area contributed by atoms with E-state index >= 15 is 0 Å². The molecular weight excluding hydrogens is 402 g/mol. The monoisotopic (exact) mass is 418 g/mol. The van der Waals surface area contributed by atoms with Gasteiger partial charge in [0.05, 0.1) is 24.7 Å². The van der Waals surface area contributed by atoms with Gasteiger partial charge >= 0.3 is 0 Å². The number of methoxy groups -OCH3 is 1. The van der Waals surface area contributed by atoms with E-state index in [-0.39, 0.29) is 12.2 Å². The lowest BCUT2D eigenvalue weighted by Gasteiger charge is -2.12. The molecule has 5 nitrogen and oxygen atoms in total. The molecule has 30 heavy (non-hydrogen) atoms. The van der Waals surface area contributed by atoms with E-state index < -0.39 is 5.97 Å². The van der Waals surface area contributed by atoms with E-state index in [1.807, 2.05) is 12.1 Å². The summed E-state index contributed by atoms with van der Waals surface area (Å²) >= 11 is 6.02. The fourth-order valence-electron chi connectivity index (χ4n) is 2.79. The number of nitriles is 1. The summed E-state index contributed by atoms with van der Waals surface area (Å²) in [5, 5.41) is 20.9. The molecule has 0 bridgehead atoms. The molecule has 0 atom stereocenters. The third-order valence-corrected chi connectivity index (χ3v) is 4.57. The summed E-state index contributed by atoms with van der Waals surface area (Å²) in [4.78, 5) is 10.8. The third kappa shape index (κ3) is 5.19. The first-order valence-electron chi connectivity index (χ1n) is 8.99. The van der Waals surface area contributed by atoms with Crippen LogP contribution in [0.5, 0.6) is 11.5 Å². The van der Waals surface area contributed by atoms with Crippen molar-refractivity contribution in [3.63, 3.8) is 0 Å². The molecule has 0 unspecified atom stereocenters. The zero-order valence-corrected chi connectivity index (χ0v) is 16.8. The first-order valence-corrected chi connectivity index (χ1v) is 9.37. The number of hydrogen-bond donors (Lipinski definition) is 0. The van der Waals surface area contributed by atoms with Crippen LogP contribution in [0.4, 0.5) is 0 Å². The average Bonchev–Trinajstić information content (AvgIpc) is 2.76. The second kappa shape index (κ2) is 9.64. The van der Waals surface area contributed by atoms with Crippen molar-refractivity contribution in [2.45, 2.75) is 6.61 Å². The van der Waals surface area contributed by atoms with Gasteiger partial charge in [0.25, 0.3) is 0 Å². The maximum Gasteiger partial charge on any atom is 0.161 e. The van der Waals surface area contributed by atoms with Gasteiger partial charge in [0.15, 0.2) is 11.5 Å². The Balaban J connectivity index is 1.79. The van der Waals surface area contributed by atoms with Crippen molar-refractivity contribution in [1.82, 2.24) is 0 Å². The second-order valence-corrected chi connectivity index (χ2v) is 6.80. The molecule has 3 aromatic carbocycles. The van der Waals surface area contributed by atoms with E-state index in [9.17, 15) is 15.2 Å². The molecule has 0 saturated heterocycles. The number of rotatable bonds is 7. The highest BCUT2D eigenvalue weighted by Crippen LogP contribution is 2.31. The fraction of sp³-hybridized carbons (Fsp3) is 0.0833. The zero-order chi connectivity index (χ0) is 21.5. The lowest BCUT2D eigenvalue weighted by atomic mass is 10.0. The molecule has 0 N–H and O–H groups in total. The normalized spacial score (nSPS) is 10.9. The van der Waals surface area contributed by atoms with Gasteiger partial charge in [-0.05, 0) is 52.6 Å². The number of halogens is 1. The van der Waals surface area contributed by atoms with Crippen LogP contribution in [-0.2, 0) is 6.61 Å². The van der Waals surface area contributed by atoms with E-state index in [0.717, 1.165) is 16.7 Å². The van der Waals surface area contributed by atoms with Crippen molar-refractivity contribution in [2.24, 2.45) is 0 Å². The molecule has 3 aromatic rings. The standard InChI is InChI=1S/C24H18ClNO4/c1-29-23-12-17(11-20(14-26)19-3-2-4-21(25)13-19)7-10-22(23)30-15-16-5-8-18(9-6-16)24(27)28/h2-13H,15H2,1H3,(H,27,28)/p-1/b20-11+. The van der Waals surface area contributed by atoms with Crippen molar-refractivity contribution >= 4 is 29.2 Å². The molecule has 0 aliphatic carbocycles. The highest BCUT2D eigenvalue weighted by Gasteiger charge is 2.08. The predicted octanol–water partition coefficient (Wildman–Crippen LogP) is 4.36. The molecule has 0 saturated carbocycles. The van der Waals surface area contributed by atoms with Crippen LogP contribution in [0.15, 0.2) is 66.7 Å². The maximum absolute atomic E-state index is 10.8. The van der Waals surface area contributed by atoms with Gasteiger partial charge in [-0.3, -0.25) is 0 Å². The van der Waals surface area contributed by atoms with Crippen LogP contribution in [0.25, 0.3) is 11.6 Å². The lowest BCUT2D eigenvalue weighted by molar-refractivity contribution is -0.255. The topological polar surface area (TPSA) is 82.4 Å². The number of nitrogens with zero attached hydrogens (tertiary/aromatic N) is 1. The van der Waals surface area contributed by atoms with Gasteiger partial charge < -0.3 is 19.4 Å². The summed E-state index contributed by atoms with van der Waals surface area (Å²) in [7, 11) is 1.53. The molecule has 0 amide bonds. The smallest absolute Gasteiger partial charge is 0.161 e. The minimum atomic E-state index is -1.22. The highest BCUT2D eigenvalue weighted by atomic mass is 35.5. The van der Waals surface area contributed by atoms with Crippen LogP contribution in [0, 0.1) is 11.3 Å². The SMILES string of the molecule is COc1cc(/C=C(\C#N)c2cccc(Cl)c2)ccc1OCc1ccc(C(=O)[O-])cc1. The number of aromatic carboxylic acids is 1. The van der Waals surface area contributed by atoms with E-state index in [0.29, 0.717) is 22.1 Å². The molecule has 3 rings (SSSR count). The number of allylic oxidation sites excluding steroid dienone is 1. The van der Waals surface area contributed by atoms with E-state index in [2.05, 4.69) is 6.07 Å². The van der Waals surface area contributed by atoms with Crippen LogP contribution >= 0.6 is 11.6 Å². The Labute approximate surface area is 179 Å². The molecule has 0 aliphatic heterocycles. The van der Waals surface area contributed by atoms with Crippen LogP contribution < -0.4 is 14.6 Å². The quantitative estimate of drug-likeness (QED) is 0.420. The van der Waals surface area contributed by atoms with Gasteiger partial charge in [-0.2, -0.15) is 5.26 Å². The summed E-state index contributed by atoms with van der Waals surface area (Å²) in [6, 6.07) is 20.9. The largest absolute Gasteiger partial charge is 0.545 e. The highest BCUT2D eigenvalue weighted by molar-refractivity contribution is 6.30. The average molecular weight is 419 g/mol. The van der Waals surface area contributed by atoms with Gasteiger partial charge in [-0.15, -0.1) is 0 Å². The van der Waals surface area contributed by atoms with Gasteiger partial charge in [0, 0.05) is 5.02 Å². The molecule has 6 heteroatoms. The molecule has 0 aromatic heterocycles. The van der Waals surface area contributed by atoms with Crippen LogP contribution in [0.1, 0.15) is 27.0 Å². The van der Waals surface area contributed by atoms with Crippen LogP contribution in [0.2, 0.25) is 5.02 Å². The Morgan fingerprint density at radius 3 is 2.47 bits per heavy atom. The number of carboxylic acids is 1. The van der Waals surface area contributed by atoms with Crippen molar-refractivity contribution in [1.29, 1.82) is 5.26 Å². The van der Waals surface area contributed by atoms with Gasteiger partial charge in [0.2, 0.25) is 0 Å². The van der Waals surface area contributed by atoms with Crippen LogP contribution in [-0.4, -0.2) is 13.1 Å². The zero-order valence-electron chi connectivity index (χ0n) is 16.1. The summed E-state index contributed by atoms with van der Waals surface area (Å²) < 4.78 is 11.2. The summed E-state index contributed by atoms with van der Waals surface area (Å²) in [6.07, 6.45) is 1.75. The number of ether oxygens (including phenoxy) is 2. The van der Waals surface area contributed by atoms with E-state index in [4.69, 9.17) is 21.1 Å². The minimum Gasteiger partial charge on any atom is -0.545 e. The molecule has 0 fully saturated rings. The van der Waals surface area contributed by atoms with Gasteiger partial charge in [-0.25, -0.2) is 0 Å². The number of carboxylic acid groups (broad SMARTS) is 1. The maximum atomic E-state index is 10.8.